The van der Waals surface area contributed by atoms with Crippen molar-refractivity contribution in [3.8, 4) is 12.3 Å². The fourth-order valence-corrected chi connectivity index (χ4v) is 7.27. The molecule has 1 aromatic heterocycles. The normalized spacial score (nSPS) is 21.6. The molecule has 1 saturated heterocycles. The second-order valence-corrected chi connectivity index (χ2v) is 11.5. The lowest BCUT2D eigenvalue weighted by Gasteiger charge is -2.38. The van der Waals surface area contributed by atoms with E-state index in [2.05, 4.69) is 16.2 Å². The van der Waals surface area contributed by atoms with E-state index in [9.17, 15) is 13.2 Å². The molecule has 1 fully saturated rings. The first-order chi connectivity index (χ1) is 15.8. The highest BCUT2D eigenvalue weighted by molar-refractivity contribution is 7.91. The first-order valence-electron chi connectivity index (χ1n) is 10.7. The van der Waals surface area contributed by atoms with E-state index in [1.54, 1.807) is 22.0 Å². The Morgan fingerprint density at radius 2 is 1.97 bits per heavy atom. The van der Waals surface area contributed by atoms with Gasteiger partial charge in [0.05, 0.1) is 5.70 Å². The molecule has 0 spiro atoms. The SMILES string of the molecule is C#Cc1ccc2cc(S(=O)(=O)N3CCN(C(=O)N4CCC5=C(N4)OC(C)N5C)CC3)sc2c1. The summed E-state index contributed by atoms with van der Waals surface area (Å²) < 4.78 is 34.8. The number of benzene rings is 1. The molecule has 11 heteroatoms. The Kier molecular flexibility index (Phi) is 5.39. The van der Waals surface area contributed by atoms with Gasteiger partial charge in [-0.3, -0.25) is 5.43 Å². The third kappa shape index (κ3) is 3.78. The van der Waals surface area contributed by atoms with Crippen molar-refractivity contribution < 1.29 is 17.9 Å². The van der Waals surface area contributed by atoms with Crippen molar-refractivity contribution in [3.63, 3.8) is 0 Å². The van der Waals surface area contributed by atoms with E-state index in [-0.39, 0.29) is 25.3 Å². The number of carbonyl (C=O) groups excluding carboxylic acids is 1. The van der Waals surface area contributed by atoms with E-state index in [4.69, 9.17) is 11.2 Å². The molecule has 0 radical (unpaired) electrons. The zero-order valence-corrected chi connectivity index (χ0v) is 20.1. The van der Waals surface area contributed by atoms with E-state index < -0.39 is 10.0 Å². The van der Waals surface area contributed by atoms with Gasteiger partial charge in [-0.25, -0.2) is 18.2 Å². The Balaban J connectivity index is 1.24. The van der Waals surface area contributed by atoms with Crippen LogP contribution in [0.2, 0.25) is 0 Å². The van der Waals surface area contributed by atoms with Crippen molar-refractivity contribution in [2.75, 3.05) is 39.8 Å². The molecule has 0 aliphatic carbocycles. The number of fused-ring (bicyclic) bond motifs is 1. The maximum atomic E-state index is 13.2. The number of nitrogens with one attached hydrogen (secondary N) is 1. The molecule has 1 N–H and O–H groups in total. The van der Waals surface area contributed by atoms with Crippen molar-refractivity contribution in [2.24, 2.45) is 0 Å². The van der Waals surface area contributed by atoms with Crippen LogP contribution in [0.1, 0.15) is 18.9 Å². The number of amides is 2. The second-order valence-electron chi connectivity index (χ2n) is 8.25. The van der Waals surface area contributed by atoms with Crippen molar-refractivity contribution in [3.05, 3.63) is 41.4 Å². The Morgan fingerprint density at radius 1 is 1.21 bits per heavy atom. The van der Waals surface area contributed by atoms with E-state index in [1.165, 1.54) is 15.6 Å². The van der Waals surface area contributed by atoms with E-state index >= 15 is 0 Å². The van der Waals surface area contributed by atoms with Gasteiger partial charge in [0.15, 0.2) is 6.23 Å². The van der Waals surface area contributed by atoms with Crippen LogP contribution in [-0.2, 0) is 14.8 Å². The third-order valence-electron chi connectivity index (χ3n) is 6.33. The smallest absolute Gasteiger partial charge is 0.338 e. The first kappa shape index (κ1) is 21.9. The number of ether oxygens (including phenoxy) is 1. The zero-order valence-electron chi connectivity index (χ0n) is 18.4. The van der Waals surface area contributed by atoms with Gasteiger partial charge in [-0.15, -0.1) is 17.8 Å². The lowest BCUT2D eigenvalue weighted by Crippen LogP contribution is -2.57. The summed E-state index contributed by atoms with van der Waals surface area (Å²) in [6.07, 6.45) is 6.09. The minimum atomic E-state index is -3.64. The number of thiophene rings is 1. The first-order valence-corrected chi connectivity index (χ1v) is 13.0. The summed E-state index contributed by atoms with van der Waals surface area (Å²) >= 11 is 1.22. The van der Waals surface area contributed by atoms with Gasteiger partial charge in [0.1, 0.15) is 4.21 Å². The molecule has 3 aliphatic rings. The highest BCUT2D eigenvalue weighted by atomic mass is 32.2. The molecule has 2 amide bonds. The van der Waals surface area contributed by atoms with Crippen LogP contribution >= 0.6 is 11.3 Å². The maximum absolute atomic E-state index is 13.2. The second kappa shape index (κ2) is 8.13. The monoisotopic (exact) mass is 487 g/mol. The molecule has 1 atom stereocenters. The summed E-state index contributed by atoms with van der Waals surface area (Å²) in [4.78, 5) is 16.8. The molecule has 0 saturated carbocycles. The van der Waals surface area contributed by atoms with Gasteiger partial charge in [-0.2, -0.15) is 4.31 Å². The number of hydrogen-bond donors (Lipinski definition) is 1. The number of piperazine rings is 1. The zero-order chi connectivity index (χ0) is 23.3. The average molecular weight is 488 g/mol. The van der Waals surface area contributed by atoms with Gasteiger partial charge in [-0.05, 0) is 30.5 Å². The summed E-state index contributed by atoms with van der Waals surface area (Å²) in [5.74, 6) is 3.19. The highest BCUT2D eigenvalue weighted by Gasteiger charge is 2.37. The lowest BCUT2D eigenvalue weighted by molar-refractivity contribution is 0.0467. The molecule has 9 nitrogen and oxygen atoms in total. The summed E-state index contributed by atoms with van der Waals surface area (Å²) in [5, 5.41) is 2.40. The van der Waals surface area contributed by atoms with Crippen LogP contribution in [0.3, 0.4) is 0 Å². The van der Waals surface area contributed by atoms with Crippen molar-refractivity contribution in [1.82, 2.24) is 24.5 Å². The minimum Gasteiger partial charge on any atom is -0.453 e. The lowest BCUT2D eigenvalue weighted by atomic mass is 10.2. The van der Waals surface area contributed by atoms with E-state index in [1.807, 2.05) is 26.1 Å². The summed E-state index contributed by atoms with van der Waals surface area (Å²) in [7, 11) is -1.67. The highest BCUT2D eigenvalue weighted by Crippen LogP contribution is 2.32. The number of urea groups is 1. The van der Waals surface area contributed by atoms with Crippen LogP contribution in [0.5, 0.6) is 0 Å². The van der Waals surface area contributed by atoms with Crippen molar-refractivity contribution in [2.45, 2.75) is 23.8 Å². The fraction of sp³-hybridized carbons (Fsp3) is 0.409. The molecule has 1 unspecified atom stereocenters. The summed E-state index contributed by atoms with van der Waals surface area (Å²) in [5.41, 5.74) is 4.86. The summed E-state index contributed by atoms with van der Waals surface area (Å²) in [6, 6.07) is 6.99. The predicted octanol–water partition coefficient (Wildman–Crippen LogP) is 2.00. The molecular formula is C22H25N5O4S2. The largest absolute Gasteiger partial charge is 0.453 e. The van der Waals surface area contributed by atoms with Crippen LogP contribution in [0.4, 0.5) is 4.79 Å². The molecule has 0 bridgehead atoms. The quantitative estimate of drug-likeness (QED) is 0.653. The number of hydrazine groups is 1. The van der Waals surface area contributed by atoms with Crippen molar-refractivity contribution in [1.29, 1.82) is 0 Å². The van der Waals surface area contributed by atoms with Crippen LogP contribution < -0.4 is 5.43 Å². The topological polar surface area (TPSA) is 85.4 Å². The van der Waals surface area contributed by atoms with Crippen LogP contribution in [0.25, 0.3) is 10.1 Å². The van der Waals surface area contributed by atoms with Gasteiger partial charge >= 0.3 is 6.03 Å². The number of hydrogen-bond acceptors (Lipinski definition) is 7. The van der Waals surface area contributed by atoms with Crippen LogP contribution in [0.15, 0.2) is 40.1 Å². The van der Waals surface area contributed by atoms with Gasteiger partial charge in [0.2, 0.25) is 5.88 Å². The fourth-order valence-electron chi connectivity index (χ4n) is 4.26. The Bertz CT molecular complexity index is 1290. The Morgan fingerprint density at radius 3 is 2.70 bits per heavy atom. The van der Waals surface area contributed by atoms with Crippen molar-refractivity contribution >= 4 is 37.5 Å². The van der Waals surface area contributed by atoms with Gasteiger partial charge in [0.25, 0.3) is 10.0 Å². The molecule has 3 aliphatic heterocycles. The van der Waals surface area contributed by atoms with Crippen LogP contribution in [0, 0.1) is 12.3 Å². The molecule has 5 rings (SSSR count). The Labute approximate surface area is 197 Å². The maximum Gasteiger partial charge on any atom is 0.338 e. The van der Waals surface area contributed by atoms with Gasteiger partial charge in [0, 0.05) is 56.5 Å². The average Bonchev–Trinajstić information content (AvgIpc) is 3.39. The van der Waals surface area contributed by atoms with Gasteiger partial charge in [-0.1, -0.05) is 12.0 Å². The predicted molar refractivity (Wildman–Crippen MR) is 125 cm³/mol. The molecule has 174 valence electrons. The number of sulfonamides is 1. The molecule has 33 heavy (non-hydrogen) atoms. The Hall–Kier alpha value is -2.94. The molecular weight excluding hydrogens is 462 g/mol. The minimum absolute atomic E-state index is 0.0710. The van der Waals surface area contributed by atoms with E-state index in [0.717, 1.165) is 21.3 Å². The van der Waals surface area contributed by atoms with Crippen LogP contribution in [-0.4, -0.2) is 79.6 Å². The number of carbonyl (C=O) groups is 1. The van der Waals surface area contributed by atoms with E-state index in [0.29, 0.717) is 36.1 Å². The standard InChI is InChI=1S/C22H25N5O4S2/c1-4-16-5-6-17-14-20(32-19(17)13-16)33(29,30)26-11-9-25(10-12-26)22(28)27-8-7-18-21(23-27)31-15(2)24(18)3/h1,5-6,13-15,23H,7-12H2,2-3H3. The number of rotatable bonds is 2. The summed E-state index contributed by atoms with van der Waals surface area (Å²) in [6.45, 7) is 3.62. The van der Waals surface area contributed by atoms with Gasteiger partial charge < -0.3 is 14.5 Å². The number of nitrogens with zero attached hydrogens (tertiary/aromatic N) is 4. The third-order valence-corrected chi connectivity index (χ3v) is 9.77. The number of terminal acetylenes is 1. The molecule has 1 aromatic carbocycles. The molecule has 2 aromatic rings. The molecule has 4 heterocycles.